The minimum Gasteiger partial charge on any atom is -0.309 e. The van der Waals surface area contributed by atoms with Crippen molar-refractivity contribution in [2.45, 2.75) is 12.8 Å². The average Bonchev–Trinajstić information content (AvgIpc) is 3.95. The van der Waals surface area contributed by atoms with Crippen LogP contribution in [0.1, 0.15) is 16.9 Å². The molecule has 0 saturated heterocycles. The number of aryl methyl sites for hydroxylation is 1. The molecule has 0 saturated carbocycles. The molecule has 0 amide bonds. The van der Waals surface area contributed by atoms with Gasteiger partial charge >= 0.3 is 0 Å². The van der Waals surface area contributed by atoms with Gasteiger partial charge in [-0.05, 0) is 96.3 Å². The second-order valence-corrected chi connectivity index (χ2v) is 16.2. The molecule has 0 aliphatic heterocycles. The maximum atomic E-state index is 2.50. The predicted octanol–water partition coefficient (Wildman–Crippen LogP) is 14.1. The number of para-hydroxylation sites is 2. The minimum atomic E-state index is 1.13. The Morgan fingerprint density at radius 1 is 0.423 bits per heavy atom. The number of benzene rings is 7. The highest BCUT2D eigenvalue weighted by molar-refractivity contribution is 7.25. The van der Waals surface area contributed by atoms with Crippen molar-refractivity contribution in [1.29, 1.82) is 0 Å². The molecular formula is C48H30N2S2. The molecule has 4 aromatic heterocycles. The van der Waals surface area contributed by atoms with Crippen LogP contribution >= 0.6 is 22.7 Å². The number of aromatic nitrogens is 2. The molecule has 1 aliphatic carbocycles. The second-order valence-electron chi connectivity index (χ2n) is 13.9. The first kappa shape index (κ1) is 28.7. The molecule has 0 spiro atoms. The van der Waals surface area contributed by atoms with Crippen molar-refractivity contribution in [2.75, 3.05) is 0 Å². The Morgan fingerprint density at radius 3 is 1.63 bits per heavy atom. The van der Waals surface area contributed by atoms with Gasteiger partial charge in [0.25, 0.3) is 0 Å². The maximum Gasteiger partial charge on any atom is 0.0555 e. The SMILES string of the molecule is C1=Cc2c(sc3cccc(-n4c5ccccc5c5cc(-c6ccc7c(c6)c6ccccc6n7-c6cccc7sc8ccccc8c67)ccc54)c23)CC1. The Balaban J connectivity index is 1.07. The number of hydrogen-bond donors (Lipinski definition) is 0. The number of rotatable bonds is 3. The zero-order chi connectivity index (χ0) is 33.9. The normalized spacial score (nSPS) is 13.2. The molecular weight excluding hydrogens is 669 g/mol. The van der Waals surface area contributed by atoms with E-state index in [9.17, 15) is 0 Å². The molecule has 0 bridgehead atoms. The first-order valence-electron chi connectivity index (χ1n) is 18.0. The summed E-state index contributed by atoms with van der Waals surface area (Å²) < 4.78 is 8.99. The Labute approximate surface area is 307 Å². The van der Waals surface area contributed by atoms with Crippen LogP contribution < -0.4 is 0 Å². The van der Waals surface area contributed by atoms with Gasteiger partial charge < -0.3 is 9.13 Å². The standard InChI is InChI=1S/C48H30N2S2/c1-5-15-37-31(11-1)35-27-29(23-25-39(35)49(37)41-17-9-21-45-47(41)33-13-3-7-19-43(33)51-45)30-24-26-40-36(28-30)32-12-2-6-16-38(32)50(40)42-18-10-22-46-48(42)34-14-4-8-20-44(34)52-46/h1-7,9-19,21-28H,8,20H2. The van der Waals surface area contributed by atoms with Gasteiger partial charge in [-0.25, -0.2) is 0 Å². The highest BCUT2D eigenvalue weighted by Gasteiger charge is 2.21. The lowest BCUT2D eigenvalue weighted by molar-refractivity contribution is 1.01. The van der Waals surface area contributed by atoms with E-state index in [2.05, 4.69) is 167 Å². The molecule has 7 aromatic carbocycles. The summed E-state index contributed by atoms with van der Waals surface area (Å²) in [6, 6.07) is 54.3. The fraction of sp³-hybridized carbons (Fsp3) is 0.0417. The van der Waals surface area contributed by atoms with Gasteiger partial charge in [-0.2, -0.15) is 0 Å². The zero-order valence-electron chi connectivity index (χ0n) is 28.1. The smallest absolute Gasteiger partial charge is 0.0555 e. The van der Waals surface area contributed by atoms with Gasteiger partial charge in [-0.15, -0.1) is 22.7 Å². The monoisotopic (exact) mass is 698 g/mol. The lowest BCUT2D eigenvalue weighted by atomic mass is 10.0. The van der Waals surface area contributed by atoms with Gasteiger partial charge in [0.1, 0.15) is 0 Å². The van der Waals surface area contributed by atoms with E-state index < -0.39 is 0 Å². The zero-order valence-corrected chi connectivity index (χ0v) is 29.8. The van der Waals surface area contributed by atoms with Crippen molar-refractivity contribution in [1.82, 2.24) is 9.13 Å². The topological polar surface area (TPSA) is 9.86 Å². The number of nitrogens with zero attached hydrogens (tertiary/aromatic N) is 2. The summed E-state index contributed by atoms with van der Waals surface area (Å²) in [5, 5.41) is 9.13. The van der Waals surface area contributed by atoms with Gasteiger partial charge in [-0.3, -0.25) is 0 Å². The molecule has 4 heteroatoms. The second kappa shape index (κ2) is 10.8. The highest BCUT2D eigenvalue weighted by Crippen LogP contribution is 2.44. The molecule has 0 N–H and O–H groups in total. The van der Waals surface area contributed by atoms with Gasteiger partial charge in [0.05, 0.1) is 33.4 Å². The number of allylic oxidation sites excluding steroid dienone is 1. The maximum absolute atomic E-state index is 2.50. The van der Waals surface area contributed by atoms with E-state index in [1.165, 1.54) is 107 Å². The molecule has 4 heterocycles. The predicted molar refractivity (Wildman–Crippen MR) is 226 cm³/mol. The Morgan fingerprint density at radius 2 is 0.962 bits per heavy atom. The van der Waals surface area contributed by atoms with Gasteiger partial charge in [0.2, 0.25) is 0 Å². The van der Waals surface area contributed by atoms with Crippen molar-refractivity contribution in [3.63, 3.8) is 0 Å². The van der Waals surface area contributed by atoms with Crippen LogP contribution in [-0.4, -0.2) is 9.13 Å². The largest absolute Gasteiger partial charge is 0.309 e. The van der Waals surface area contributed by atoms with Crippen LogP contribution in [0.15, 0.2) is 152 Å². The lowest BCUT2D eigenvalue weighted by Gasteiger charge is -2.12. The summed E-state index contributed by atoms with van der Waals surface area (Å²) >= 11 is 3.83. The van der Waals surface area contributed by atoms with E-state index in [0.29, 0.717) is 0 Å². The van der Waals surface area contributed by atoms with E-state index in [-0.39, 0.29) is 0 Å². The van der Waals surface area contributed by atoms with Crippen molar-refractivity contribution in [3.05, 3.63) is 162 Å². The van der Waals surface area contributed by atoms with E-state index in [1.54, 1.807) is 0 Å². The quantitative estimate of drug-likeness (QED) is 0.174. The Hall–Kier alpha value is -5.94. The number of fused-ring (bicyclic) bond motifs is 12. The molecule has 2 nitrogen and oxygen atoms in total. The first-order valence-corrected chi connectivity index (χ1v) is 19.6. The van der Waals surface area contributed by atoms with Crippen LogP contribution in [0.25, 0.3) is 102 Å². The third kappa shape index (κ3) is 3.94. The third-order valence-corrected chi connectivity index (χ3v) is 13.5. The van der Waals surface area contributed by atoms with Gasteiger partial charge in [0.15, 0.2) is 0 Å². The molecule has 12 rings (SSSR count). The van der Waals surface area contributed by atoms with Crippen molar-refractivity contribution < 1.29 is 0 Å². The molecule has 0 fully saturated rings. The summed E-state index contributed by atoms with van der Waals surface area (Å²) in [5.74, 6) is 0. The fourth-order valence-corrected chi connectivity index (χ4v) is 11.3. The first-order chi connectivity index (χ1) is 25.8. The fourth-order valence-electron chi connectivity index (χ4n) is 8.93. The molecule has 52 heavy (non-hydrogen) atoms. The summed E-state index contributed by atoms with van der Waals surface area (Å²) in [6.45, 7) is 0. The van der Waals surface area contributed by atoms with Crippen LogP contribution in [0.3, 0.4) is 0 Å². The van der Waals surface area contributed by atoms with Crippen molar-refractivity contribution in [2.24, 2.45) is 0 Å². The van der Waals surface area contributed by atoms with Gasteiger partial charge in [0, 0.05) is 56.7 Å². The Kier molecular flexibility index (Phi) is 5.96. The van der Waals surface area contributed by atoms with Crippen LogP contribution in [0.4, 0.5) is 0 Å². The highest BCUT2D eigenvalue weighted by atomic mass is 32.1. The molecule has 0 atom stereocenters. The molecule has 0 radical (unpaired) electrons. The van der Waals surface area contributed by atoms with Crippen LogP contribution in [0.2, 0.25) is 0 Å². The van der Waals surface area contributed by atoms with E-state index in [4.69, 9.17) is 0 Å². The van der Waals surface area contributed by atoms with E-state index in [0.717, 1.165) is 12.8 Å². The number of hydrogen-bond acceptors (Lipinski definition) is 2. The van der Waals surface area contributed by atoms with Crippen LogP contribution in [0, 0.1) is 0 Å². The third-order valence-electron chi connectivity index (χ3n) is 11.2. The van der Waals surface area contributed by atoms with Gasteiger partial charge in [-0.1, -0.05) is 91.0 Å². The molecule has 0 unspecified atom stereocenters. The molecule has 1 aliphatic rings. The molecule has 11 aromatic rings. The summed E-state index contributed by atoms with van der Waals surface area (Å²) in [5.41, 5.74) is 11.3. The molecule has 244 valence electrons. The lowest BCUT2D eigenvalue weighted by Crippen LogP contribution is -1.96. The van der Waals surface area contributed by atoms with Crippen molar-refractivity contribution >= 4 is 103 Å². The van der Waals surface area contributed by atoms with E-state index in [1.807, 2.05) is 22.7 Å². The Bertz CT molecular complexity index is 3310. The van der Waals surface area contributed by atoms with Crippen molar-refractivity contribution in [3.8, 4) is 22.5 Å². The summed E-state index contributed by atoms with van der Waals surface area (Å²) in [7, 11) is 0. The average molecular weight is 699 g/mol. The summed E-state index contributed by atoms with van der Waals surface area (Å²) in [6.07, 6.45) is 6.94. The minimum absolute atomic E-state index is 1.13. The van der Waals surface area contributed by atoms with Crippen LogP contribution in [0.5, 0.6) is 0 Å². The van der Waals surface area contributed by atoms with Crippen LogP contribution in [-0.2, 0) is 6.42 Å². The van der Waals surface area contributed by atoms with E-state index >= 15 is 0 Å². The summed E-state index contributed by atoms with van der Waals surface area (Å²) in [4.78, 5) is 1.50. The number of thiophene rings is 2.